The fourth-order valence-corrected chi connectivity index (χ4v) is 2.01. The third kappa shape index (κ3) is 1.76. The SMILES string of the molecule is C[C](C1CC1)N1CCCCC1. The summed E-state index contributed by atoms with van der Waals surface area (Å²) in [5, 5.41) is 0. The molecule has 0 amide bonds. The molecule has 1 nitrogen and oxygen atoms in total. The van der Waals surface area contributed by atoms with Gasteiger partial charge in [0, 0.05) is 6.04 Å². The summed E-state index contributed by atoms with van der Waals surface area (Å²) in [5.74, 6) is 0.980. The molecule has 0 N–H and O–H groups in total. The molecule has 11 heavy (non-hydrogen) atoms. The fraction of sp³-hybridized carbons (Fsp3) is 0.900. The van der Waals surface area contributed by atoms with Crippen LogP contribution in [0.3, 0.4) is 0 Å². The summed E-state index contributed by atoms with van der Waals surface area (Å²) in [7, 11) is 0. The van der Waals surface area contributed by atoms with E-state index >= 15 is 0 Å². The third-order valence-electron chi connectivity index (χ3n) is 3.02. The molecule has 2 fully saturated rings. The van der Waals surface area contributed by atoms with E-state index in [0.29, 0.717) is 0 Å². The number of nitrogens with zero attached hydrogens (tertiary/aromatic N) is 1. The quantitative estimate of drug-likeness (QED) is 0.587. The second kappa shape index (κ2) is 3.14. The maximum atomic E-state index is 2.61. The molecule has 0 aromatic carbocycles. The fourth-order valence-electron chi connectivity index (χ4n) is 2.01. The van der Waals surface area contributed by atoms with Crippen molar-refractivity contribution in [2.24, 2.45) is 5.92 Å². The van der Waals surface area contributed by atoms with Crippen LogP contribution >= 0.6 is 0 Å². The molecule has 2 aliphatic rings. The molecule has 0 aromatic rings. The van der Waals surface area contributed by atoms with Crippen molar-refractivity contribution in [1.82, 2.24) is 4.90 Å². The number of hydrogen-bond acceptors (Lipinski definition) is 1. The van der Waals surface area contributed by atoms with Crippen LogP contribution in [-0.2, 0) is 0 Å². The highest BCUT2D eigenvalue weighted by Crippen LogP contribution is 2.40. The monoisotopic (exact) mass is 152 g/mol. The van der Waals surface area contributed by atoms with Crippen LogP contribution in [-0.4, -0.2) is 18.0 Å². The highest BCUT2D eigenvalue weighted by atomic mass is 15.2. The lowest BCUT2D eigenvalue weighted by atomic mass is 10.1. The lowest BCUT2D eigenvalue weighted by Crippen LogP contribution is -2.33. The standard InChI is InChI=1S/C10H18N/c1-9(10-5-6-10)11-7-3-2-4-8-11/h10H,2-8H2,1H3. The Balaban J connectivity index is 1.81. The molecule has 1 heterocycles. The first-order chi connectivity index (χ1) is 5.38. The van der Waals surface area contributed by atoms with E-state index < -0.39 is 0 Å². The average molecular weight is 152 g/mol. The van der Waals surface area contributed by atoms with Gasteiger partial charge in [-0.2, -0.15) is 0 Å². The maximum Gasteiger partial charge on any atom is 0.0393 e. The molecule has 63 valence electrons. The zero-order chi connectivity index (χ0) is 7.68. The second-order valence-corrected chi connectivity index (χ2v) is 3.96. The van der Waals surface area contributed by atoms with Gasteiger partial charge in [0.05, 0.1) is 0 Å². The molecular formula is C10H18N. The van der Waals surface area contributed by atoms with Gasteiger partial charge in [0.25, 0.3) is 0 Å². The van der Waals surface area contributed by atoms with Crippen molar-refractivity contribution >= 4 is 0 Å². The lowest BCUT2D eigenvalue weighted by molar-refractivity contribution is 0.226. The van der Waals surface area contributed by atoms with Gasteiger partial charge in [-0.3, -0.25) is 4.90 Å². The van der Waals surface area contributed by atoms with Crippen molar-refractivity contribution in [2.75, 3.05) is 13.1 Å². The Morgan fingerprint density at radius 3 is 2.27 bits per heavy atom. The highest BCUT2D eigenvalue weighted by molar-refractivity contribution is 4.99. The lowest BCUT2D eigenvalue weighted by Gasteiger charge is -2.31. The minimum absolute atomic E-state index is 0.980. The van der Waals surface area contributed by atoms with Gasteiger partial charge in [0.1, 0.15) is 0 Å². The van der Waals surface area contributed by atoms with Crippen LogP contribution in [0.1, 0.15) is 39.0 Å². The summed E-state index contributed by atoms with van der Waals surface area (Å²) < 4.78 is 0. The van der Waals surface area contributed by atoms with Crippen molar-refractivity contribution in [1.29, 1.82) is 0 Å². The maximum absolute atomic E-state index is 2.61. The Labute approximate surface area is 69.8 Å². The van der Waals surface area contributed by atoms with Crippen LogP contribution in [0.2, 0.25) is 0 Å². The van der Waals surface area contributed by atoms with Gasteiger partial charge in [-0.1, -0.05) is 6.42 Å². The van der Waals surface area contributed by atoms with Crippen LogP contribution in [0, 0.1) is 12.0 Å². The third-order valence-corrected chi connectivity index (χ3v) is 3.02. The summed E-state index contributed by atoms with van der Waals surface area (Å²) >= 11 is 0. The Bertz CT molecular complexity index is 123. The van der Waals surface area contributed by atoms with Gasteiger partial charge in [0.15, 0.2) is 0 Å². The van der Waals surface area contributed by atoms with Crippen molar-refractivity contribution in [2.45, 2.75) is 39.0 Å². The number of rotatable bonds is 2. The Morgan fingerprint density at radius 1 is 1.09 bits per heavy atom. The minimum atomic E-state index is 0.980. The van der Waals surface area contributed by atoms with Gasteiger partial charge >= 0.3 is 0 Å². The molecule has 1 heteroatoms. The second-order valence-electron chi connectivity index (χ2n) is 3.96. The van der Waals surface area contributed by atoms with E-state index in [1.165, 1.54) is 45.2 Å². The summed E-state index contributed by atoms with van der Waals surface area (Å²) in [4.78, 5) is 2.61. The summed E-state index contributed by atoms with van der Waals surface area (Å²) in [6, 6.07) is 1.68. The molecule has 0 bridgehead atoms. The van der Waals surface area contributed by atoms with Crippen molar-refractivity contribution < 1.29 is 0 Å². The van der Waals surface area contributed by atoms with Crippen LogP contribution in [0.4, 0.5) is 0 Å². The molecule has 0 aromatic heterocycles. The van der Waals surface area contributed by atoms with E-state index in [1.54, 1.807) is 6.04 Å². The van der Waals surface area contributed by atoms with Crippen molar-refractivity contribution in [3.8, 4) is 0 Å². The molecule has 2 rings (SSSR count). The Hall–Kier alpha value is -0.0400. The van der Waals surface area contributed by atoms with E-state index in [0.717, 1.165) is 5.92 Å². The van der Waals surface area contributed by atoms with E-state index in [-0.39, 0.29) is 0 Å². The molecule has 1 aliphatic carbocycles. The molecule has 0 atom stereocenters. The molecule has 1 saturated carbocycles. The first-order valence-electron chi connectivity index (χ1n) is 4.96. The smallest absolute Gasteiger partial charge is 0.0393 e. The zero-order valence-electron chi connectivity index (χ0n) is 7.47. The number of hydrogen-bond donors (Lipinski definition) is 0. The van der Waals surface area contributed by atoms with Gasteiger partial charge in [-0.15, -0.1) is 0 Å². The summed E-state index contributed by atoms with van der Waals surface area (Å²) in [6.45, 7) is 5.01. The van der Waals surface area contributed by atoms with Gasteiger partial charge < -0.3 is 0 Å². The normalized spacial score (nSPS) is 27.8. The van der Waals surface area contributed by atoms with E-state index in [9.17, 15) is 0 Å². The molecule has 1 saturated heterocycles. The number of likely N-dealkylation sites (tertiary alicyclic amines) is 1. The topological polar surface area (TPSA) is 3.24 Å². The van der Waals surface area contributed by atoms with E-state index in [2.05, 4.69) is 11.8 Å². The molecule has 0 unspecified atom stereocenters. The van der Waals surface area contributed by atoms with E-state index in [1.807, 2.05) is 0 Å². The number of piperidine rings is 1. The molecule has 1 aliphatic heterocycles. The van der Waals surface area contributed by atoms with Crippen molar-refractivity contribution in [3.63, 3.8) is 0 Å². The summed E-state index contributed by atoms with van der Waals surface area (Å²) in [5.41, 5.74) is 0. The summed E-state index contributed by atoms with van der Waals surface area (Å²) in [6.07, 6.45) is 7.22. The van der Waals surface area contributed by atoms with E-state index in [4.69, 9.17) is 0 Å². The molecular weight excluding hydrogens is 134 g/mol. The minimum Gasteiger partial charge on any atom is -0.296 e. The van der Waals surface area contributed by atoms with Crippen molar-refractivity contribution in [3.05, 3.63) is 6.04 Å². The zero-order valence-corrected chi connectivity index (χ0v) is 7.47. The predicted molar refractivity (Wildman–Crippen MR) is 47.1 cm³/mol. The van der Waals surface area contributed by atoms with Crippen LogP contribution in [0.5, 0.6) is 0 Å². The Morgan fingerprint density at radius 2 is 1.73 bits per heavy atom. The van der Waals surface area contributed by atoms with Gasteiger partial charge in [-0.05, 0) is 51.6 Å². The van der Waals surface area contributed by atoms with Gasteiger partial charge in [0.2, 0.25) is 0 Å². The first-order valence-corrected chi connectivity index (χ1v) is 4.96. The molecule has 0 spiro atoms. The first kappa shape index (κ1) is 7.60. The predicted octanol–water partition coefficient (Wildman–Crippen LogP) is 2.43. The highest BCUT2D eigenvalue weighted by Gasteiger charge is 2.32. The van der Waals surface area contributed by atoms with Crippen LogP contribution < -0.4 is 0 Å². The van der Waals surface area contributed by atoms with Crippen LogP contribution in [0.25, 0.3) is 0 Å². The van der Waals surface area contributed by atoms with Gasteiger partial charge in [-0.25, -0.2) is 0 Å². The Kier molecular flexibility index (Phi) is 2.17. The largest absolute Gasteiger partial charge is 0.296 e. The molecule has 1 radical (unpaired) electrons. The average Bonchev–Trinajstić information content (AvgIpc) is 2.87. The van der Waals surface area contributed by atoms with Crippen LogP contribution in [0.15, 0.2) is 0 Å².